The Morgan fingerprint density at radius 2 is 2.00 bits per heavy atom. The standard InChI is InChI=1S/C14H27N3O5/c1-9(2)16-14(20)15-7-10-12(13(19)11(8-18)22-10)17-3-5-21-6-4-17/h9-13,18-19H,3-8H2,1-2H3,(H2,15,16,20)/t10-,11+,12+,13-/m1/s1. The van der Waals surface area contributed by atoms with Crippen LogP contribution in [0.1, 0.15) is 13.8 Å². The minimum Gasteiger partial charge on any atom is -0.394 e. The normalized spacial score (nSPS) is 33.1. The first-order valence-corrected chi connectivity index (χ1v) is 7.83. The molecule has 2 fully saturated rings. The van der Waals surface area contributed by atoms with Crippen molar-refractivity contribution in [1.82, 2.24) is 15.5 Å². The summed E-state index contributed by atoms with van der Waals surface area (Å²) in [5, 5.41) is 25.2. The zero-order valence-corrected chi connectivity index (χ0v) is 13.2. The molecule has 4 atom stereocenters. The van der Waals surface area contributed by atoms with Crippen molar-refractivity contribution in [1.29, 1.82) is 0 Å². The van der Waals surface area contributed by atoms with Gasteiger partial charge in [0.05, 0.1) is 32.0 Å². The molecule has 0 aromatic rings. The topological polar surface area (TPSA) is 103 Å². The molecule has 4 N–H and O–H groups in total. The molecular formula is C14H27N3O5. The SMILES string of the molecule is CC(C)NC(=O)NC[C@H]1O[C@@H](CO)[C@@H](O)[C@H]1N1CCOCC1. The summed E-state index contributed by atoms with van der Waals surface area (Å²) in [6, 6.07) is -0.461. The first-order chi connectivity index (χ1) is 10.5. The maximum atomic E-state index is 11.7. The van der Waals surface area contributed by atoms with E-state index in [4.69, 9.17) is 9.47 Å². The lowest BCUT2D eigenvalue weighted by atomic mass is 10.0. The quantitative estimate of drug-likeness (QED) is 0.493. The maximum Gasteiger partial charge on any atom is 0.315 e. The lowest BCUT2D eigenvalue weighted by molar-refractivity contribution is -0.0215. The van der Waals surface area contributed by atoms with E-state index < -0.39 is 12.2 Å². The smallest absolute Gasteiger partial charge is 0.315 e. The van der Waals surface area contributed by atoms with Gasteiger partial charge in [0.15, 0.2) is 0 Å². The number of urea groups is 1. The van der Waals surface area contributed by atoms with Crippen LogP contribution in [0.2, 0.25) is 0 Å². The van der Waals surface area contributed by atoms with Gasteiger partial charge >= 0.3 is 6.03 Å². The Bertz CT molecular complexity index is 362. The third-order valence-electron chi connectivity index (χ3n) is 3.99. The summed E-state index contributed by atoms with van der Waals surface area (Å²) in [5.41, 5.74) is 0. The molecule has 2 amide bonds. The summed E-state index contributed by atoms with van der Waals surface area (Å²) >= 11 is 0. The van der Waals surface area contributed by atoms with Gasteiger partial charge < -0.3 is 30.3 Å². The summed E-state index contributed by atoms with van der Waals surface area (Å²) in [5.74, 6) is 0. The van der Waals surface area contributed by atoms with Gasteiger partial charge in [0.2, 0.25) is 0 Å². The Balaban J connectivity index is 1.95. The zero-order valence-electron chi connectivity index (χ0n) is 13.2. The molecule has 2 saturated heterocycles. The van der Waals surface area contributed by atoms with Gasteiger partial charge in [-0.3, -0.25) is 4.90 Å². The number of nitrogens with zero attached hydrogens (tertiary/aromatic N) is 1. The fourth-order valence-electron chi connectivity index (χ4n) is 2.98. The highest BCUT2D eigenvalue weighted by molar-refractivity contribution is 5.74. The van der Waals surface area contributed by atoms with Crippen molar-refractivity contribution in [2.45, 2.75) is 44.2 Å². The van der Waals surface area contributed by atoms with E-state index in [1.165, 1.54) is 0 Å². The van der Waals surface area contributed by atoms with Crippen molar-refractivity contribution in [3.63, 3.8) is 0 Å². The number of carbonyl (C=O) groups excluding carboxylic acids is 1. The fraction of sp³-hybridized carbons (Fsp3) is 0.929. The Labute approximate surface area is 130 Å². The van der Waals surface area contributed by atoms with Crippen molar-refractivity contribution in [3.05, 3.63) is 0 Å². The molecule has 0 bridgehead atoms. The Morgan fingerprint density at radius 1 is 1.32 bits per heavy atom. The number of amides is 2. The molecule has 0 spiro atoms. The number of morpholine rings is 1. The molecule has 8 nitrogen and oxygen atoms in total. The summed E-state index contributed by atoms with van der Waals surface area (Å²) in [6.07, 6.45) is -1.75. The van der Waals surface area contributed by atoms with E-state index >= 15 is 0 Å². The van der Waals surface area contributed by atoms with E-state index in [0.29, 0.717) is 26.3 Å². The predicted molar refractivity (Wildman–Crippen MR) is 79.6 cm³/mol. The van der Waals surface area contributed by atoms with Gasteiger partial charge in [0.1, 0.15) is 12.2 Å². The summed E-state index contributed by atoms with van der Waals surface area (Å²) in [4.78, 5) is 13.8. The zero-order chi connectivity index (χ0) is 16.1. The van der Waals surface area contributed by atoms with E-state index in [-0.39, 0.29) is 37.4 Å². The number of carbonyl (C=O) groups is 1. The second kappa shape index (κ2) is 8.07. The number of aliphatic hydroxyl groups excluding tert-OH is 2. The van der Waals surface area contributed by atoms with Gasteiger partial charge in [-0.05, 0) is 13.8 Å². The van der Waals surface area contributed by atoms with Crippen LogP contribution in [-0.2, 0) is 9.47 Å². The molecule has 0 radical (unpaired) electrons. The van der Waals surface area contributed by atoms with Gasteiger partial charge in [-0.1, -0.05) is 0 Å². The number of hydrogen-bond donors (Lipinski definition) is 4. The van der Waals surface area contributed by atoms with E-state index in [2.05, 4.69) is 15.5 Å². The lowest BCUT2D eigenvalue weighted by Gasteiger charge is -2.36. The molecule has 0 unspecified atom stereocenters. The van der Waals surface area contributed by atoms with Gasteiger partial charge in [-0.2, -0.15) is 0 Å². The van der Waals surface area contributed by atoms with E-state index in [0.717, 1.165) is 0 Å². The van der Waals surface area contributed by atoms with Crippen LogP contribution >= 0.6 is 0 Å². The molecule has 2 rings (SSSR count). The maximum absolute atomic E-state index is 11.7. The van der Waals surface area contributed by atoms with Crippen LogP contribution in [0.15, 0.2) is 0 Å². The number of nitrogens with one attached hydrogen (secondary N) is 2. The molecule has 2 heterocycles. The van der Waals surface area contributed by atoms with Gasteiger partial charge in [-0.25, -0.2) is 4.79 Å². The monoisotopic (exact) mass is 317 g/mol. The van der Waals surface area contributed by atoms with Crippen molar-refractivity contribution < 1.29 is 24.5 Å². The molecule has 0 saturated carbocycles. The highest BCUT2D eigenvalue weighted by Crippen LogP contribution is 2.26. The van der Waals surface area contributed by atoms with Crippen LogP contribution in [0.25, 0.3) is 0 Å². The average molecular weight is 317 g/mol. The minimum absolute atomic E-state index is 0.0512. The van der Waals surface area contributed by atoms with Crippen LogP contribution < -0.4 is 10.6 Å². The van der Waals surface area contributed by atoms with Crippen molar-refractivity contribution in [2.75, 3.05) is 39.5 Å². The summed E-state index contributed by atoms with van der Waals surface area (Å²) in [7, 11) is 0. The van der Waals surface area contributed by atoms with Gasteiger partial charge in [-0.15, -0.1) is 0 Å². The molecule has 128 valence electrons. The second-order valence-electron chi connectivity index (χ2n) is 6.03. The first-order valence-electron chi connectivity index (χ1n) is 7.83. The predicted octanol–water partition coefficient (Wildman–Crippen LogP) is -1.48. The molecule has 0 aromatic heterocycles. The lowest BCUT2D eigenvalue weighted by Crippen LogP contribution is -2.55. The van der Waals surface area contributed by atoms with Crippen LogP contribution in [0.3, 0.4) is 0 Å². The largest absolute Gasteiger partial charge is 0.394 e. The third-order valence-corrected chi connectivity index (χ3v) is 3.99. The third kappa shape index (κ3) is 4.30. The summed E-state index contributed by atoms with van der Waals surface area (Å²) in [6.45, 7) is 6.45. The van der Waals surface area contributed by atoms with E-state index in [9.17, 15) is 15.0 Å². The first kappa shape index (κ1) is 17.4. The van der Waals surface area contributed by atoms with Gasteiger partial charge in [0.25, 0.3) is 0 Å². The van der Waals surface area contributed by atoms with E-state index in [1.54, 1.807) is 0 Å². The molecule has 0 aliphatic carbocycles. The van der Waals surface area contributed by atoms with E-state index in [1.807, 2.05) is 13.8 Å². The average Bonchev–Trinajstić information content (AvgIpc) is 2.81. The second-order valence-corrected chi connectivity index (χ2v) is 6.03. The Hall–Kier alpha value is -0.930. The number of aliphatic hydroxyl groups is 2. The number of hydrogen-bond acceptors (Lipinski definition) is 6. The molecule has 22 heavy (non-hydrogen) atoms. The van der Waals surface area contributed by atoms with Crippen LogP contribution in [0.5, 0.6) is 0 Å². The van der Waals surface area contributed by atoms with Crippen molar-refractivity contribution in [2.24, 2.45) is 0 Å². The van der Waals surface area contributed by atoms with Crippen LogP contribution in [-0.4, -0.2) is 91.0 Å². The van der Waals surface area contributed by atoms with Crippen molar-refractivity contribution >= 4 is 6.03 Å². The molecular weight excluding hydrogens is 290 g/mol. The molecule has 8 heteroatoms. The van der Waals surface area contributed by atoms with Gasteiger partial charge in [0, 0.05) is 25.7 Å². The fourth-order valence-corrected chi connectivity index (χ4v) is 2.98. The minimum atomic E-state index is -0.775. The molecule has 0 aromatic carbocycles. The highest BCUT2D eigenvalue weighted by Gasteiger charge is 2.46. The summed E-state index contributed by atoms with van der Waals surface area (Å²) < 4.78 is 11.1. The van der Waals surface area contributed by atoms with Crippen LogP contribution in [0, 0.1) is 0 Å². The van der Waals surface area contributed by atoms with Crippen LogP contribution in [0.4, 0.5) is 4.79 Å². The number of ether oxygens (including phenoxy) is 2. The Kier molecular flexibility index (Phi) is 6.39. The number of rotatable bonds is 5. The molecule has 2 aliphatic heterocycles. The Morgan fingerprint density at radius 3 is 2.59 bits per heavy atom. The van der Waals surface area contributed by atoms with Crippen molar-refractivity contribution in [3.8, 4) is 0 Å². The highest BCUT2D eigenvalue weighted by atomic mass is 16.5. The molecule has 2 aliphatic rings.